The van der Waals surface area contributed by atoms with Crippen LogP contribution in [-0.2, 0) is 13.0 Å². The van der Waals surface area contributed by atoms with E-state index in [2.05, 4.69) is 13.0 Å². The molecule has 146 valence electrons. The van der Waals surface area contributed by atoms with Crippen molar-refractivity contribution in [3.63, 3.8) is 0 Å². The quantitative estimate of drug-likeness (QED) is 0.480. The lowest BCUT2D eigenvalue weighted by Crippen LogP contribution is -2.32. The second-order valence-corrected chi connectivity index (χ2v) is 7.97. The molecule has 1 aromatic heterocycles. The van der Waals surface area contributed by atoms with Crippen molar-refractivity contribution in [3.8, 4) is 5.75 Å². The Morgan fingerprint density at radius 1 is 1.18 bits per heavy atom. The molecule has 0 amide bonds. The highest BCUT2D eigenvalue weighted by atomic mass is 35.5. The predicted octanol–water partition coefficient (Wildman–Crippen LogP) is 6.11. The van der Waals surface area contributed by atoms with Gasteiger partial charge in [0.25, 0.3) is 0 Å². The highest BCUT2D eigenvalue weighted by Gasteiger charge is 2.24. The standard InChI is InChI=1S/C22H21Cl2NO3/c1-3-4-5-14-9-20(26)28-22-13(2)21-15(8-17(14)22)11-25(12-27-21)19-10-16(23)6-7-18(19)24/h6-10H,3-5,11-12H2,1-2H3. The van der Waals surface area contributed by atoms with Gasteiger partial charge < -0.3 is 14.1 Å². The van der Waals surface area contributed by atoms with Gasteiger partial charge in [-0.15, -0.1) is 0 Å². The Labute approximate surface area is 173 Å². The van der Waals surface area contributed by atoms with Gasteiger partial charge in [0.2, 0.25) is 0 Å². The van der Waals surface area contributed by atoms with Crippen molar-refractivity contribution < 1.29 is 9.15 Å². The molecule has 4 nitrogen and oxygen atoms in total. The van der Waals surface area contributed by atoms with Gasteiger partial charge in [-0.1, -0.05) is 36.5 Å². The van der Waals surface area contributed by atoms with Crippen molar-refractivity contribution in [2.75, 3.05) is 11.6 Å². The molecule has 0 atom stereocenters. The van der Waals surface area contributed by atoms with Crippen LogP contribution in [0.4, 0.5) is 5.69 Å². The first-order valence-electron chi connectivity index (χ1n) is 9.40. The fourth-order valence-electron chi connectivity index (χ4n) is 3.74. The third kappa shape index (κ3) is 3.47. The summed E-state index contributed by atoms with van der Waals surface area (Å²) in [4.78, 5) is 14.1. The number of hydrogen-bond donors (Lipinski definition) is 0. The van der Waals surface area contributed by atoms with Crippen LogP contribution >= 0.6 is 23.2 Å². The largest absolute Gasteiger partial charge is 0.472 e. The Bertz CT molecular complexity index is 1110. The monoisotopic (exact) mass is 417 g/mol. The van der Waals surface area contributed by atoms with Crippen LogP contribution in [0.2, 0.25) is 10.0 Å². The maximum Gasteiger partial charge on any atom is 0.336 e. The molecule has 0 saturated heterocycles. The maximum atomic E-state index is 12.1. The number of benzene rings is 2. The topological polar surface area (TPSA) is 42.7 Å². The number of hydrogen-bond acceptors (Lipinski definition) is 4. The van der Waals surface area contributed by atoms with E-state index in [0.717, 1.165) is 52.8 Å². The third-order valence-electron chi connectivity index (χ3n) is 5.15. The van der Waals surface area contributed by atoms with Gasteiger partial charge in [-0.3, -0.25) is 0 Å². The van der Waals surface area contributed by atoms with Gasteiger partial charge in [0.15, 0.2) is 6.73 Å². The van der Waals surface area contributed by atoms with Gasteiger partial charge in [0.05, 0.1) is 10.7 Å². The molecule has 6 heteroatoms. The average Bonchev–Trinajstić information content (AvgIpc) is 2.68. The van der Waals surface area contributed by atoms with E-state index in [4.69, 9.17) is 32.4 Å². The summed E-state index contributed by atoms with van der Waals surface area (Å²) in [6, 6.07) is 9.09. The van der Waals surface area contributed by atoms with Gasteiger partial charge in [-0.05, 0) is 49.6 Å². The molecule has 0 fully saturated rings. The molecule has 0 radical (unpaired) electrons. The first kappa shape index (κ1) is 19.2. The van der Waals surface area contributed by atoms with Crippen molar-refractivity contribution in [2.45, 2.75) is 39.7 Å². The Morgan fingerprint density at radius 3 is 2.79 bits per heavy atom. The summed E-state index contributed by atoms with van der Waals surface area (Å²) < 4.78 is 11.6. The van der Waals surface area contributed by atoms with Crippen LogP contribution in [0.3, 0.4) is 0 Å². The van der Waals surface area contributed by atoms with Gasteiger partial charge in [0, 0.05) is 34.1 Å². The van der Waals surface area contributed by atoms with Crippen LogP contribution < -0.4 is 15.3 Å². The van der Waals surface area contributed by atoms with Crippen LogP contribution in [0.15, 0.2) is 39.5 Å². The number of rotatable bonds is 4. The van der Waals surface area contributed by atoms with Crippen molar-refractivity contribution in [3.05, 3.63) is 67.5 Å². The minimum absolute atomic E-state index is 0.315. The number of unbranched alkanes of at least 4 members (excludes halogenated alkanes) is 1. The van der Waals surface area contributed by atoms with Gasteiger partial charge in [0.1, 0.15) is 11.3 Å². The molecule has 2 aromatic carbocycles. The summed E-state index contributed by atoms with van der Waals surface area (Å²) in [5.41, 5.74) is 4.07. The van der Waals surface area contributed by atoms with Gasteiger partial charge >= 0.3 is 5.63 Å². The predicted molar refractivity (Wildman–Crippen MR) is 114 cm³/mol. The van der Waals surface area contributed by atoms with Crippen molar-refractivity contribution in [1.82, 2.24) is 0 Å². The number of halogens is 2. The second-order valence-electron chi connectivity index (χ2n) is 7.13. The molecule has 0 N–H and O–H groups in total. The van der Waals surface area contributed by atoms with Gasteiger partial charge in [-0.2, -0.15) is 0 Å². The van der Waals surface area contributed by atoms with E-state index in [1.54, 1.807) is 18.2 Å². The molecule has 0 saturated carbocycles. The van der Waals surface area contributed by atoms with Crippen LogP contribution in [-0.4, -0.2) is 6.73 Å². The molecule has 0 aliphatic carbocycles. The first-order chi connectivity index (χ1) is 13.5. The minimum atomic E-state index is -0.315. The second kappa shape index (κ2) is 7.69. The van der Waals surface area contributed by atoms with E-state index in [-0.39, 0.29) is 5.63 Å². The zero-order chi connectivity index (χ0) is 19.8. The molecular formula is C22H21Cl2NO3. The third-order valence-corrected chi connectivity index (χ3v) is 5.71. The molecule has 4 rings (SSSR count). The summed E-state index contributed by atoms with van der Waals surface area (Å²) >= 11 is 12.5. The summed E-state index contributed by atoms with van der Waals surface area (Å²) in [5, 5.41) is 2.24. The fourth-order valence-corrected chi connectivity index (χ4v) is 4.14. The van der Waals surface area contributed by atoms with E-state index < -0.39 is 0 Å². The zero-order valence-corrected chi connectivity index (χ0v) is 17.4. The lowest BCUT2D eigenvalue weighted by atomic mass is 9.98. The molecule has 0 unspecified atom stereocenters. The molecule has 1 aliphatic rings. The van der Waals surface area contributed by atoms with E-state index in [0.29, 0.717) is 28.9 Å². The normalized spacial score (nSPS) is 13.5. The van der Waals surface area contributed by atoms with E-state index >= 15 is 0 Å². The molecule has 28 heavy (non-hydrogen) atoms. The average molecular weight is 418 g/mol. The van der Waals surface area contributed by atoms with E-state index in [9.17, 15) is 4.79 Å². The Balaban J connectivity index is 1.81. The van der Waals surface area contributed by atoms with Crippen molar-refractivity contribution in [2.24, 2.45) is 0 Å². The van der Waals surface area contributed by atoms with Crippen LogP contribution in [0.25, 0.3) is 11.0 Å². The Kier molecular flexibility index (Phi) is 5.26. The summed E-state index contributed by atoms with van der Waals surface area (Å²) in [7, 11) is 0. The number of fused-ring (bicyclic) bond motifs is 2. The maximum absolute atomic E-state index is 12.1. The lowest BCUT2D eigenvalue weighted by molar-refractivity contribution is 0.287. The zero-order valence-electron chi connectivity index (χ0n) is 15.9. The number of aryl methyl sites for hydroxylation is 2. The molecule has 2 heterocycles. The fraction of sp³-hybridized carbons (Fsp3) is 0.318. The first-order valence-corrected chi connectivity index (χ1v) is 10.2. The molecule has 3 aromatic rings. The van der Waals surface area contributed by atoms with Crippen molar-refractivity contribution >= 4 is 39.9 Å². The van der Waals surface area contributed by atoms with E-state index in [1.807, 2.05) is 17.9 Å². The van der Waals surface area contributed by atoms with Gasteiger partial charge in [-0.25, -0.2) is 4.79 Å². The Hall–Kier alpha value is -2.17. The molecule has 0 spiro atoms. The highest BCUT2D eigenvalue weighted by molar-refractivity contribution is 6.35. The summed E-state index contributed by atoms with van der Waals surface area (Å²) in [6.45, 7) is 5.06. The van der Waals surface area contributed by atoms with Crippen LogP contribution in [0.5, 0.6) is 5.75 Å². The van der Waals surface area contributed by atoms with Crippen molar-refractivity contribution in [1.29, 1.82) is 0 Å². The molecular weight excluding hydrogens is 397 g/mol. The van der Waals surface area contributed by atoms with Crippen LogP contribution in [0, 0.1) is 6.92 Å². The smallest absolute Gasteiger partial charge is 0.336 e. The molecule has 0 bridgehead atoms. The number of anilines is 1. The SMILES string of the molecule is CCCCc1cc(=O)oc2c(C)c3c(cc12)CN(c1cc(Cl)ccc1Cl)CO3. The van der Waals surface area contributed by atoms with E-state index in [1.165, 1.54) is 0 Å². The Morgan fingerprint density at radius 2 is 2.00 bits per heavy atom. The minimum Gasteiger partial charge on any atom is -0.472 e. The van der Waals surface area contributed by atoms with Crippen LogP contribution in [0.1, 0.15) is 36.5 Å². The molecule has 1 aliphatic heterocycles. The summed E-state index contributed by atoms with van der Waals surface area (Å²) in [6.07, 6.45) is 2.94. The summed E-state index contributed by atoms with van der Waals surface area (Å²) in [5.74, 6) is 0.776. The number of ether oxygens (including phenoxy) is 1. The highest BCUT2D eigenvalue weighted by Crippen LogP contribution is 2.39. The lowest BCUT2D eigenvalue weighted by Gasteiger charge is -2.32. The number of nitrogens with zero attached hydrogens (tertiary/aromatic N) is 1.